The van der Waals surface area contributed by atoms with E-state index in [-0.39, 0.29) is 34.0 Å². The van der Waals surface area contributed by atoms with Crippen LogP contribution in [0.15, 0.2) is 36.4 Å². The molecule has 45 heavy (non-hydrogen) atoms. The van der Waals surface area contributed by atoms with E-state index >= 15 is 0 Å². The fourth-order valence-electron chi connectivity index (χ4n) is 12.3. The Morgan fingerprint density at radius 3 is 2.31 bits per heavy atom. The standard InChI is InChI=1S/C39H54O6/c1-23(2)25-13-16-35(5)19-20-36(6)26(33(25)35)14-18-39(44)37(7)17-15-31(34(3,4)29(37)22-30(42)38(36,39)8)45-32(43)12-10-24-9-11-27(40)28(41)21-24/h9-12,21,25-26,29,31,33,40-41,44H,1,13-20,22H2,2-8H3/b12-10+/t25-,26+,29-,31-,33+,35+,36+,37-,38-,39-/m0/s1. The maximum absolute atomic E-state index is 14.8. The molecule has 0 radical (unpaired) electrons. The Balaban J connectivity index is 1.29. The molecule has 246 valence electrons. The molecule has 1 aromatic carbocycles. The summed E-state index contributed by atoms with van der Waals surface area (Å²) < 4.78 is 6.07. The fraction of sp³-hybridized carbons (Fsp3) is 0.692. The molecular weight excluding hydrogens is 564 g/mol. The second-order valence-corrected chi connectivity index (χ2v) is 17.2. The van der Waals surface area contributed by atoms with Gasteiger partial charge in [-0.25, -0.2) is 4.79 Å². The normalized spacial score (nSPS) is 45.2. The summed E-state index contributed by atoms with van der Waals surface area (Å²) in [7, 11) is 0. The summed E-state index contributed by atoms with van der Waals surface area (Å²) in [6.45, 7) is 20.0. The number of hydrogen-bond donors (Lipinski definition) is 3. The van der Waals surface area contributed by atoms with Gasteiger partial charge < -0.3 is 20.1 Å². The molecule has 6 nitrogen and oxygen atoms in total. The molecule has 0 spiro atoms. The predicted octanol–water partition coefficient (Wildman–Crippen LogP) is 7.99. The molecule has 6 rings (SSSR count). The van der Waals surface area contributed by atoms with Gasteiger partial charge in [-0.3, -0.25) is 4.79 Å². The maximum atomic E-state index is 14.8. The lowest BCUT2D eigenvalue weighted by Gasteiger charge is -2.74. The van der Waals surface area contributed by atoms with Crippen molar-refractivity contribution in [2.24, 2.45) is 50.7 Å². The van der Waals surface area contributed by atoms with Gasteiger partial charge in [0.1, 0.15) is 11.9 Å². The third-order valence-corrected chi connectivity index (χ3v) is 15.1. The average molecular weight is 619 g/mol. The Morgan fingerprint density at radius 2 is 1.64 bits per heavy atom. The molecule has 3 N–H and O–H groups in total. The van der Waals surface area contributed by atoms with E-state index in [0.29, 0.717) is 49.0 Å². The molecule has 0 unspecified atom stereocenters. The first-order valence-electron chi connectivity index (χ1n) is 17.2. The molecule has 5 aliphatic rings. The van der Waals surface area contributed by atoms with Gasteiger partial charge in [-0.15, -0.1) is 0 Å². The van der Waals surface area contributed by atoms with Crippen LogP contribution in [0.4, 0.5) is 0 Å². The fourth-order valence-corrected chi connectivity index (χ4v) is 12.3. The van der Waals surface area contributed by atoms with E-state index in [9.17, 15) is 24.9 Å². The quantitative estimate of drug-likeness (QED) is 0.137. The molecule has 1 aromatic rings. The van der Waals surface area contributed by atoms with E-state index in [1.54, 1.807) is 12.1 Å². The summed E-state index contributed by atoms with van der Waals surface area (Å²) in [6, 6.07) is 4.36. The van der Waals surface area contributed by atoms with Crippen LogP contribution in [0, 0.1) is 50.7 Å². The minimum Gasteiger partial charge on any atom is -0.504 e. The number of fused-ring (bicyclic) bond motifs is 7. The number of esters is 1. The summed E-state index contributed by atoms with van der Waals surface area (Å²) in [5, 5.41) is 32.6. The van der Waals surface area contributed by atoms with E-state index in [1.165, 1.54) is 36.6 Å². The summed E-state index contributed by atoms with van der Waals surface area (Å²) in [5.74, 6) is 0.436. The number of allylic oxidation sites excluding steroid dienone is 1. The number of aromatic hydroxyl groups is 2. The van der Waals surface area contributed by atoms with Gasteiger partial charge >= 0.3 is 5.97 Å². The second kappa shape index (κ2) is 10.2. The first-order valence-corrected chi connectivity index (χ1v) is 17.2. The van der Waals surface area contributed by atoms with Gasteiger partial charge in [0.25, 0.3) is 0 Å². The van der Waals surface area contributed by atoms with Crippen LogP contribution in [0.5, 0.6) is 11.5 Å². The lowest BCUT2D eigenvalue weighted by atomic mass is 9.30. The molecule has 5 fully saturated rings. The summed E-state index contributed by atoms with van der Waals surface area (Å²) in [6.07, 6.45) is 10.2. The Hall–Kier alpha value is -2.60. The first kappa shape index (κ1) is 32.3. The smallest absolute Gasteiger partial charge is 0.331 e. The van der Waals surface area contributed by atoms with E-state index in [2.05, 4.69) is 55.0 Å². The number of carbonyl (C=O) groups is 2. The van der Waals surface area contributed by atoms with Crippen molar-refractivity contribution in [1.82, 2.24) is 0 Å². The number of benzene rings is 1. The number of aliphatic hydroxyl groups is 1. The van der Waals surface area contributed by atoms with Crippen molar-refractivity contribution in [3.63, 3.8) is 0 Å². The van der Waals surface area contributed by atoms with E-state index in [1.807, 2.05) is 0 Å². The van der Waals surface area contributed by atoms with Crippen LogP contribution in [0.1, 0.15) is 112 Å². The van der Waals surface area contributed by atoms with Crippen LogP contribution in [0.25, 0.3) is 6.08 Å². The Labute approximate surface area is 269 Å². The third kappa shape index (κ3) is 4.22. The molecule has 0 aliphatic heterocycles. The highest BCUT2D eigenvalue weighted by Crippen LogP contribution is 2.77. The molecule has 5 aliphatic carbocycles. The van der Waals surface area contributed by atoms with Gasteiger partial charge in [0.2, 0.25) is 0 Å². The first-order chi connectivity index (χ1) is 20.9. The topological polar surface area (TPSA) is 104 Å². The SMILES string of the molecule is C=C(C)[C@@H]1CC[C@]2(C)CC[C@]3(C)[C@H](CC[C@@]4(O)[C@@]3(C)C(=O)C[C@H]3C(C)(C)[C@@H](OC(=O)/C=C/c5ccc(O)c(O)c5)CC[C@@]34C)[C@@H]12. The minimum absolute atomic E-state index is 0.135. The molecule has 0 amide bonds. The highest BCUT2D eigenvalue weighted by Gasteiger charge is 2.78. The van der Waals surface area contributed by atoms with Gasteiger partial charge in [0.05, 0.1) is 11.0 Å². The number of phenolic OH excluding ortho intramolecular Hbond substituents is 2. The number of ether oxygens (including phenoxy) is 1. The largest absolute Gasteiger partial charge is 0.504 e. The van der Waals surface area contributed by atoms with Crippen LogP contribution in [-0.4, -0.2) is 38.8 Å². The summed E-state index contributed by atoms with van der Waals surface area (Å²) in [5.41, 5.74) is -1.22. The second-order valence-electron chi connectivity index (χ2n) is 17.2. The monoisotopic (exact) mass is 618 g/mol. The number of ketones is 1. The predicted molar refractivity (Wildman–Crippen MR) is 175 cm³/mol. The van der Waals surface area contributed by atoms with E-state index < -0.39 is 33.9 Å². The minimum atomic E-state index is -1.15. The Kier molecular flexibility index (Phi) is 7.33. The van der Waals surface area contributed by atoms with Gasteiger partial charge in [-0.2, -0.15) is 0 Å². The Bertz CT molecular complexity index is 1460. The zero-order valence-electron chi connectivity index (χ0n) is 28.4. The van der Waals surface area contributed by atoms with Gasteiger partial charge in [-0.1, -0.05) is 52.8 Å². The Morgan fingerprint density at radius 1 is 0.933 bits per heavy atom. The van der Waals surface area contributed by atoms with Crippen molar-refractivity contribution in [1.29, 1.82) is 0 Å². The summed E-state index contributed by atoms with van der Waals surface area (Å²) >= 11 is 0. The number of Topliss-reactive ketones (excluding diaryl/α,β-unsaturated/α-hetero) is 1. The van der Waals surface area contributed by atoms with Crippen LogP contribution in [-0.2, 0) is 14.3 Å². The summed E-state index contributed by atoms with van der Waals surface area (Å²) in [4.78, 5) is 27.8. The highest BCUT2D eigenvalue weighted by molar-refractivity contribution is 5.89. The third-order valence-electron chi connectivity index (χ3n) is 15.1. The van der Waals surface area contributed by atoms with Crippen molar-refractivity contribution in [3.05, 3.63) is 42.0 Å². The number of rotatable bonds is 4. The number of carbonyl (C=O) groups excluding carboxylic acids is 2. The lowest BCUT2D eigenvalue weighted by molar-refractivity contribution is -0.305. The van der Waals surface area contributed by atoms with Gasteiger partial charge in [0.15, 0.2) is 11.5 Å². The number of hydrogen-bond acceptors (Lipinski definition) is 6. The molecule has 0 saturated heterocycles. The molecule has 0 heterocycles. The van der Waals surface area contributed by atoms with E-state index in [4.69, 9.17) is 4.74 Å². The molecule has 0 aromatic heterocycles. The van der Waals surface area contributed by atoms with Crippen molar-refractivity contribution in [2.75, 3.05) is 0 Å². The highest BCUT2D eigenvalue weighted by atomic mass is 16.5. The molecule has 10 atom stereocenters. The zero-order valence-corrected chi connectivity index (χ0v) is 28.4. The average Bonchev–Trinajstić information content (AvgIpc) is 3.33. The van der Waals surface area contributed by atoms with Crippen molar-refractivity contribution in [2.45, 2.75) is 118 Å². The molecular formula is C39H54O6. The van der Waals surface area contributed by atoms with Crippen LogP contribution in [0.2, 0.25) is 0 Å². The maximum Gasteiger partial charge on any atom is 0.331 e. The van der Waals surface area contributed by atoms with E-state index in [0.717, 1.165) is 19.3 Å². The zero-order chi connectivity index (χ0) is 33.0. The van der Waals surface area contributed by atoms with Crippen molar-refractivity contribution < 1.29 is 29.6 Å². The number of phenols is 2. The van der Waals surface area contributed by atoms with Crippen molar-refractivity contribution in [3.8, 4) is 11.5 Å². The van der Waals surface area contributed by atoms with Gasteiger partial charge in [0, 0.05) is 23.3 Å². The van der Waals surface area contributed by atoms with Crippen LogP contribution in [0.3, 0.4) is 0 Å². The molecule has 0 bridgehead atoms. The van der Waals surface area contributed by atoms with Crippen LogP contribution < -0.4 is 0 Å². The van der Waals surface area contributed by atoms with Crippen LogP contribution >= 0.6 is 0 Å². The van der Waals surface area contributed by atoms with Crippen molar-refractivity contribution >= 4 is 17.8 Å². The molecule has 6 heteroatoms. The molecule has 5 saturated carbocycles. The van der Waals surface area contributed by atoms with Gasteiger partial charge in [-0.05, 0) is 123 Å². The lowest BCUT2D eigenvalue weighted by Crippen LogP contribution is -2.78.